The Hall–Kier alpha value is -0.530. The van der Waals surface area contributed by atoms with Gasteiger partial charge in [-0.3, -0.25) is 0 Å². The van der Waals surface area contributed by atoms with Gasteiger partial charge in [0.1, 0.15) is 0 Å². The molecule has 0 aliphatic heterocycles. The molecule has 1 atom stereocenters. The molecule has 42 valence electrons. The molecule has 7 heavy (non-hydrogen) atoms. The molecule has 0 bridgehead atoms. The lowest BCUT2D eigenvalue weighted by Crippen LogP contribution is -2.23. The van der Waals surface area contributed by atoms with Gasteiger partial charge in [0.05, 0.1) is 0 Å². The first kappa shape index (κ1) is 6.47. The monoisotopic (exact) mass is 100 g/mol. The van der Waals surface area contributed by atoms with Gasteiger partial charge in [0.15, 0.2) is 0 Å². The Morgan fingerprint density at radius 2 is 2.29 bits per heavy atom. The van der Waals surface area contributed by atoms with E-state index >= 15 is 0 Å². The van der Waals surface area contributed by atoms with Crippen LogP contribution in [0.3, 0.4) is 0 Å². The fourth-order valence-corrected chi connectivity index (χ4v) is 0.185. The number of nitrogens with one attached hydrogen (secondary N) is 1. The second-order valence-corrected chi connectivity index (χ2v) is 1.67. The second kappa shape index (κ2) is 2.61. The Balaban J connectivity index is 3.34. The van der Waals surface area contributed by atoms with Crippen LogP contribution in [0.15, 0.2) is 0 Å². The molecule has 0 amide bonds. The van der Waals surface area contributed by atoms with E-state index in [2.05, 4.69) is 0 Å². The average molecular weight is 100 g/mol. The summed E-state index contributed by atoms with van der Waals surface area (Å²) in [4.78, 5) is 0. The zero-order valence-electron chi connectivity index (χ0n) is 4.69. The van der Waals surface area contributed by atoms with Gasteiger partial charge in [-0.1, -0.05) is 13.8 Å². The van der Waals surface area contributed by atoms with Gasteiger partial charge in [0.2, 0.25) is 0 Å². The van der Waals surface area contributed by atoms with Crippen LogP contribution in [0.4, 0.5) is 0 Å². The van der Waals surface area contributed by atoms with E-state index in [0.717, 1.165) is 6.42 Å². The predicted molar refractivity (Wildman–Crippen MR) is 27.2 cm³/mol. The molecule has 0 saturated carbocycles. The van der Waals surface area contributed by atoms with E-state index in [9.17, 15) is 5.11 Å². The standard InChI is InChI=1S/C5H11NO/c1-3-4(2)5(6)7/h4H,3H2,1-2H3,(H2,6,7)/p-1. The minimum atomic E-state index is -0.456. The first-order chi connectivity index (χ1) is 3.18. The Labute approximate surface area is 43.7 Å². The smallest absolute Gasteiger partial charge is 0.0168 e. The molecule has 1 unspecified atom stereocenters. The van der Waals surface area contributed by atoms with E-state index in [1.54, 1.807) is 6.92 Å². The van der Waals surface area contributed by atoms with Gasteiger partial charge in [-0.15, -0.1) is 0 Å². The molecule has 0 radical (unpaired) electrons. The van der Waals surface area contributed by atoms with Crippen LogP contribution in [0.25, 0.3) is 0 Å². The van der Waals surface area contributed by atoms with Gasteiger partial charge in [0.25, 0.3) is 0 Å². The van der Waals surface area contributed by atoms with E-state index in [1.807, 2.05) is 6.92 Å². The Morgan fingerprint density at radius 1 is 1.86 bits per heavy atom. The third kappa shape index (κ3) is 2.20. The third-order valence-corrected chi connectivity index (χ3v) is 1.06. The lowest BCUT2D eigenvalue weighted by molar-refractivity contribution is -0.225. The maximum Gasteiger partial charge on any atom is -0.0168 e. The average Bonchev–Trinajstić information content (AvgIpc) is 1.65. The van der Waals surface area contributed by atoms with Crippen LogP contribution in [0.2, 0.25) is 0 Å². The Kier molecular flexibility index (Phi) is 2.41. The summed E-state index contributed by atoms with van der Waals surface area (Å²) in [6, 6.07) is 0. The zero-order valence-corrected chi connectivity index (χ0v) is 4.69. The summed E-state index contributed by atoms with van der Waals surface area (Å²) in [7, 11) is 0. The van der Waals surface area contributed by atoms with Crippen LogP contribution < -0.4 is 5.11 Å². The normalized spacial score (nSPS) is 13.4. The highest BCUT2D eigenvalue weighted by atomic mass is 16.3. The molecule has 0 aromatic rings. The van der Waals surface area contributed by atoms with Crippen molar-refractivity contribution in [3.05, 3.63) is 0 Å². The minimum absolute atomic E-state index is 0.0694. The molecule has 2 nitrogen and oxygen atoms in total. The molecule has 2 heteroatoms. The lowest BCUT2D eigenvalue weighted by Gasteiger charge is -2.12. The van der Waals surface area contributed by atoms with Crippen LogP contribution in [-0.2, 0) is 0 Å². The summed E-state index contributed by atoms with van der Waals surface area (Å²) in [5.74, 6) is -0.525. The summed E-state index contributed by atoms with van der Waals surface area (Å²) in [6.07, 6.45) is 0.780. The van der Waals surface area contributed by atoms with Gasteiger partial charge in [0, 0.05) is 0 Å². The van der Waals surface area contributed by atoms with Crippen molar-refractivity contribution in [1.82, 2.24) is 0 Å². The van der Waals surface area contributed by atoms with Gasteiger partial charge in [-0.25, -0.2) is 0 Å². The summed E-state index contributed by atoms with van der Waals surface area (Å²) < 4.78 is 0. The van der Waals surface area contributed by atoms with Gasteiger partial charge in [-0.05, 0) is 18.2 Å². The number of hydrogen-bond acceptors (Lipinski definition) is 2. The minimum Gasteiger partial charge on any atom is -0.862 e. The van der Waals surface area contributed by atoms with E-state index < -0.39 is 5.90 Å². The summed E-state index contributed by atoms with van der Waals surface area (Å²) >= 11 is 0. The van der Waals surface area contributed by atoms with E-state index in [-0.39, 0.29) is 5.92 Å². The maximum absolute atomic E-state index is 10.0. The molecule has 0 aromatic carbocycles. The third-order valence-electron chi connectivity index (χ3n) is 1.06. The molecule has 1 N–H and O–H groups in total. The maximum atomic E-state index is 10.0. The summed E-state index contributed by atoms with van der Waals surface area (Å²) in [5.41, 5.74) is 0. The predicted octanol–water partition coefficient (Wildman–Crippen LogP) is 0.370. The zero-order chi connectivity index (χ0) is 5.86. The molecular weight excluding hydrogens is 90.1 g/mol. The van der Waals surface area contributed by atoms with Crippen molar-refractivity contribution in [2.24, 2.45) is 5.92 Å². The highest BCUT2D eigenvalue weighted by Gasteiger charge is 1.91. The fourth-order valence-electron chi connectivity index (χ4n) is 0.185. The molecule has 0 fully saturated rings. The van der Waals surface area contributed by atoms with Gasteiger partial charge in [-0.2, -0.15) is 0 Å². The van der Waals surface area contributed by atoms with Gasteiger partial charge >= 0.3 is 0 Å². The SMILES string of the molecule is CCC(C)C(=N)[O-]. The largest absolute Gasteiger partial charge is 0.862 e. The molecule has 0 spiro atoms. The van der Waals surface area contributed by atoms with Crippen molar-refractivity contribution in [3.63, 3.8) is 0 Å². The molecule has 0 rings (SSSR count). The quantitative estimate of drug-likeness (QED) is 0.395. The van der Waals surface area contributed by atoms with Crippen molar-refractivity contribution in [2.45, 2.75) is 20.3 Å². The Morgan fingerprint density at radius 3 is 2.29 bits per heavy atom. The highest BCUT2D eigenvalue weighted by molar-refractivity contribution is 5.70. The molecule has 0 aromatic heterocycles. The van der Waals surface area contributed by atoms with Crippen molar-refractivity contribution in [3.8, 4) is 0 Å². The van der Waals surface area contributed by atoms with Crippen molar-refractivity contribution < 1.29 is 5.11 Å². The number of hydrogen-bond donors (Lipinski definition) is 1. The van der Waals surface area contributed by atoms with Crippen molar-refractivity contribution in [2.75, 3.05) is 0 Å². The molecular formula is C5H10NO-. The number of rotatable bonds is 2. The van der Waals surface area contributed by atoms with E-state index in [0.29, 0.717) is 0 Å². The fraction of sp³-hybridized carbons (Fsp3) is 0.800. The second-order valence-electron chi connectivity index (χ2n) is 1.67. The van der Waals surface area contributed by atoms with Gasteiger partial charge < -0.3 is 10.5 Å². The topological polar surface area (TPSA) is 46.9 Å². The van der Waals surface area contributed by atoms with Crippen LogP contribution in [0, 0.1) is 11.3 Å². The van der Waals surface area contributed by atoms with Crippen LogP contribution in [0.1, 0.15) is 20.3 Å². The van der Waals surface area contributed by atoms with E-state index in [4.69, 9.17) is 5.41 Å². The van der Waals surface area contributed by atoms with Crippen LogP contribution >= 0.6 is 0 Å². The van der Waals surface area contributed by atoms with Crippen LogP contribution in [0.5, 0.6) is 0 Å². The highest BCUT2D eigenvalue weighted by Crippen LogP contribution is 1.96. The summed E-state index contributed by atoms with van der Waals surface area (Å²) in [5, 5.41) is 16.6. The van der Waals surface area contributed by atoms with Crippen molar-refractivity contribution in [1.29, 1.82) is 5.41 Å². The molecule has 0 saturated heterocycles. The first-order valence-corrected chi connectivity index (χ1v) is 2.44. The molecule has 0 aliphatic carbocycles. The van der Waals surface area contributed by atoms with Crippen LogP contribution in [-0.4, -0.2) is 5.90 Å². The summed E-state index contributed by atoms with van der Waals surface area (Å²) in [6.45, 7) is 3.66. The molecule has 0 aliphatic rings. The van der Waals surface area contributed by atoms with E-state index in [1.165, 1.54) is 0 Å². The van der Waals surface area contributed by atoms with Crippen molar-refractivity contribution >= 4 is 5.90 Å². The Bertz CT molecular complexity index is 70.5. The first-order valence-electron chi connectivity index (χ1n) is 2.44. The lowest BCUT2D eigenvalue weighted by atomic mass is 10.1. The molecule has 0 heterocycles.